The molecular weight excluding hydrogens is 338 g/mol. The normalized spacial score (nSPS) is 10.9. The van der Waals surface area contributed by atoms with E-state index < -0.39 is 0 Å². The summed E-state index contributed by atoms with van der Waals surface area (Å²) < 4.78 is 0.896. The average molecular weight is 353 g/mol. The van der Waals surface area contributed by atoms with Crippen LogP contribution in [0.15, 0.2) is 69.4 Å². The lowest BCUT2D eigenvalue weighted by Gasteiger charge is -2.03. The molecule has 3 aromatic rings. The van der Waals surface area contributed by atoms with Gasteiger partial charge in [-0.2, -0.15) is 0 Å². The first-order valence-corrected chi connectivity index (χ1v) is 8.98. The Hall–Kier alpha value is -2.44. The Balaban J connectivity index is 1.58. The fourth-order valence-electron chi connectivity index (χ4n) is 2.04. The van der Waals surface area contributed by atoms with Crippen molar-refractivity contribution in [1.82, 2.24) is 10.2 Å². The van der Waals surface area contributed by atoms with E-state index in [1.807, 2.05) is 61.5 Å². The van der Waals surface area contributed by atoms with Gasteiger partial charge >= 0.3 is 0 Å². The minimum absolute atomic E-state index is 0.152. The van der Waals surface area contributed by atoms with Gasteiger partial charge in [0.15, 0.2) is 4.34 Å². The maximum Gasteiger partial charge on any atom is 0.248 e. The molecule has 4 nitrogen and oxygen atoms in total. The summed E-state index contributed by atoms with van der Waals surface area (Å²) in [6.45, 7) is 2.03. The van der Waals surface area contributed by atoms with Crippen LogP contribution in [0.1, 0.15) is 11.1 Å². The Morgan fingerprint density at radius 1 is 1.21 bits per heavy atom. The maximum atomic E-state index is 12.0. The Labute approximate surface area is 148 Å². The van der Waals surface area contributed by atoms with E-state index in [-0.39, 0.29) is 5.91 Å². The van der Waals surface area contributed by atoms with E-state index in [4.69, 9.17) is 0 Å². The molecule has 0 saturated carbocycles. The largest absolute Gasteiger partial charge is 0.323 e. The number of aryl methyl sites for hydroxylation is 1. The lowest BCUT2D eigenvalue weighted by atomic mass is 10.1. The molecule has 1 N–H and O–H groups in total. The van der Waals surface area contributed by atoms with E-state index in [0.717, 1.165) is 20.5 Å². The second-order valence-electron chi connectivity index (χ2n) is 5.07. The molecule has 6 heteroatoms. The van der Waals surface area contributed by atoms with E-state index in [2.05, 4.69) is 15.5 Å². The molecule has 2 aromatic carbocycles. The molecular formula is C18H15N3OS2. The van der Waals surface area contributed by atoms with Crippen LogP contribution >= 0.6 is 23.1 Å². The zero-order chi connectivity index (χ0) is 16.8. The molecule has 120 valence electrons. The highest BCUT2D eigenvalue weighted by Crippen LogP contribution is 2.29. The minimum atomic E-state index is -0.152. The van der Waals surface area contributed by atoms with Gasteiger partial charge in [-0.25, -0.2) is 0 Å². The summed E-state index contributed by atoms with van der Waals surface area (Å²) in [5, 5.41) is 10.7. The smallest absolute Gasteiger partial charge is 0.248 e. The highest BCUT2D eigenvalue weighted by Gasteiger charge is 2.02. The second-order valence-corrected chi connectivity index (χ2v) is 7.22. The van der Waals surface area contributed by atoms with Crippen molar-refractivity contribution in [2.24, 2.45) is 0 Å². The van der Waals surface area contributed by atoms with Gasteiger partial charge in [0.2, 0.25) is 5.91 Å². The molecule has 0 unspecified atom stereocenters. The SMILES string of the molecule is Cc1cccc(C=CC(=O)Nc2ccc(Sc3nncs3)cc2)c1. The van der Waals surface area contributed by atoms with Gasteiger partial charge < -0.3 is 5.32 Å². The third kappa shape index (κ3) is 4.78. The van der Waals surface area contributed by atoms with Gasteiger partial charge in [0.1, 0.15) is 5.51 Å². The van der Waals surface area contributed by atoms with Gasteiger partial charge in [-0.15, -0.1) is 10.2 Å². The first kappa shape index (κ1) is 16.4. The van der Waals surface area contributed by atoms with Crippen LogP contribution in [0.25, 0.3) is 6.08 Å². The van der Waals surface area contributed by atoms with Gasteiger partial charge in [0.25, 0.3) is 0 Å². The van der Waals surface area contributed by atoms with Crippen molar-refractivity contribution in [2.75, 3.05) is 5.32 Å². The summed E-state index contributed by atoms with van der Waals surface area (Å²) in [4.78, 5) is 13.0. The summed E-state index contributed by atoms with van der Waals surface area (Å²) in [6.07, 6.45) is 3.35. The predicted molar refractivity (Wildman–Crippen MR) is 99.3 cm³/mol. The standard InChI is InChI=1S/C18H15N3OS2/c1-13-3-2-4-14(11-13)5-10-17(22)20-15-6-8-16(9-7-15)24-18-21-19-12-23-18/h2-12H,1H3,(H,20,22). The van der Waals surface area contributed by atoms with Crippen LogP contribution in [0, 0.1) is 6.92 Å². The summed E-state index contributed by atoms with van der Waals surface area (Å²) in [7, 11) is 0. The maximum absolute atomic E-state index is 12.0. The first-order valence-electron chi connectivity index (χ1n) is 7.29. The Morgan fingerprint density at radius 2 is 2.04 bits per heavy atom. The molecule has 0 aliphatic carbocycles. The Morgan fingerprint density at radius 3 is 2.75 bits per heavy atom. The van der Waals surface area contributed by atoms with Crippen LogP contribution in [0.2, 0.25) is 0 Å². The summed E-state index contributed by atoms with van der Waals surface area (Å²) >= 11 is 3.05. The lowest BCUT2D eigenvalue weighted by molar-refractivity contribution is -0.111. The highest BCUT2D eigenvalue weighted by molar-refractivity contribution is 8.01. The van der Waals surface area contributed by atoms with Crippen molar-refractivity contribution in [3.8, 4) is 0 Å². The average Bonchev–Trinajstić information content (AvgIpc) is 3.08. The van der Waals surface area contributed by atoms with Crippen LogP contribution in [0.3, 0.4) is 0 Å². The molecule has 0 aliphatic heterocycles. The highest BCUT2D eigenvalue weighted by atomic mass is 32.2. The predicted octanol–water partition coefficient (Wildman–Crippen LogP) is 4.65. The number of carbonyl (C=O) groups excluding carboxylic acids is 1. The summed E-state index contributed by atoms with van der Waals surface area (Å²) in [6, 6.07) is 15.7. The molecule has 0 atom stereocenters. The van der Waals surface area contributed by atoms with Crippen molar-refractivity contribution in [3.63, 3.8) is 0 Å². The molecule has 0 aliphatic rings. The fraction of sp³-hybridized carbons (Fsp3) is 0.0556. The van der Waals surface area contributed by atoms with Gasteiger partial charge in [0, 0.05) is 16.7 Å². The molecule has 0 fully saturated rings. The topological polar surface area (TPSA) is 54.9 Å². The number of aromatic nitrogens is 2. The first-order chi connectivity index (χ1) is 11.7. The van der Waals surface area contributed by atoms with Crippen molar-refractivity contribution >= 4 is 40.8 Å². The number of nitrogens with zero attached hydrogens (tertiary/aromatic N) is 2. The van der Waals surface area contributed by atoms with E-state index in [9.17, 15) is 4.79 Å². The Bertz CT molecular complexity index is 843. The van der Waals surface area contributed by atoms with Crippen LogP contribution in [0.5, 0.6) is 0 Å². The minimum Gasteiger partial charge on any atom is -0.323 e. The monoisotopic (exact) mass is 353 g/mol. The van der Waals surface area contributed by atoms with Crippen LogP contribution in [-0.2, 0) is 4.79 Å². The number of carbonyl (C=O) groups is 1. The van der Waals surface area contributed by atoms with Gasteiger partial charge in [-0.1, -0.05) is 52.9 Å². The van der Waals surface area contributed by atoms with E-state index in [1.165, 1.54) is 16.9 Å². The van der Waals surface area contributed by atoms with Gasteiger partial charge in [0.05, 0.1) is 0 Å². The van der Waals surface area contributed by atoms with E-state index in [1.54, 1.807) is 23.3 Å². The summed E-state index contributed by atoms with van der Waals surface area (Å²) in [5.74, 6) is -0.152. The van der Waals surface area contributed by atoms with Crippen molar-refractivity contribution in [1.29, 1.82) is 0 Å². The molecule has 1 aromatic heterocycles. The molecule has 3 rings (SSSR count). The van der Waals surface area contributed by atoms with Crippen molar-refractivity contribution in [2.45, 2.75) is 16.2 Å². The number of hydrogen-bond donors (Lipinski definition) is 1. The van der Waals surface area contributed by atoms with Crippen LogP contribution in [0.4, 0.5) is 5.69 Å². The molecule has 24 heavy (non-hydrogen) atoms. The quantitative estimate of drug-likeness (QED) is 0.678. The number of nitrogens with one attached hydrogen (secondary N) is 1. The molecule has 0 saturated heterocycles. The lowest BCUT2D eigenvalue weighted by Crippen LogP contribution is -2.07. The van der Waals surface area contributed by atoms with Crippen LogP contribution in [-0.4, -0.2) is 16.1 Å². The zero-order valence-corrected chi connectivity index (χ0v) is 14.6. The molecule has 0 radical (unpaired) electrons. The third-order valence-corrected chi connectivity index (χ3v) is 4.92. The van der Waals surface area contributed by atoms with E-state index in [0.29, 0.717) is 0 Å². The number of rotatable bonds is 5. The second kappa shape index (κ2) is 7.90. The molecule has 1 amide bonds. The van der Waals surface area contributed by atoms with Crippen LogP contribution < -0.4 is 5.32 Å². The Kier molecular flexibility index (Phi) is 5.40. The number of amides is 1. The van der Waals surface area contributed by atoms with Crippen molar-refractivity contribution in [3.05, 3.63) is 71.2 Å². The molecule has 1 heterocycles. The summed E-state index contributed by atoms with van der Waals surface area (Å²) in [5.41, 5.74) is 4.64. The molecule has 0 bridgehead atoms. The zero-order valence-electron chi connectivity index (χ0n) is 13.0. The number of hydrogen-bond acceptors (Lipinski definition) is 5. The van der Waals surface area contributed by atoms with Gasteiger partial charge in [-0.3, -0.25) is 4.79 Å². The van der Waals surface area contributed by atoms with Crippen molar-refractivity contribution < 1.29 is 4.79 Å². The molecule has 0 spiro atoms. The van der Waals surface area contributed by atoms with E-state index >= 15 is 0 Å². The number of anilines is 1. The number of benzene rings is 2. The third-order valence-electron chi connectivity index (χ3n) is 3.14. The fourth-order valence-corrected chi connectivity index (χ4v) is 3.49. The van der Waals surface area contributed by atoms with Gasteiger partial charge in [-0.05, 0) is 42.8 Å².